The lowest BCUT2D eigenvalue weighted by Gasteiger charge is -2.11. The van der Waals surface area contributed by atoms with Crippen molar-refractivity contribution in [1.29, 1.82) is 0 Å². The molecule has 4 nitrogen and oxygen atoms in total. The first-order valence-electron chi connectivity index (χ1n) is 9.65. The molecule has 0 aliphatic rings. The fourth-order valence-corrected chi connectivity index (χ4v) is 4.04. The van der Waals surface area contributed by atoms with Crippen LogP contribution in [0.2, 0.25) is 0 Å². The molecular weight excluding hydrogens is 438 g/mol. The van der Waals surface area contributed by atoms with Crippen molar-refractivity contribution in [3.63, 3.8) is 0 Å². The third-order valence-corrected chi connectivity index (χ3v) is 5.76. The van der Waals surface area contributed by atoms with Crippen LogP contribution in [0.5, 0.6) is 0 Å². The van der Waals surface area contributed by atoms with E-state index in [9.17, 15) is 4.79 Å². The van der Waals surface area contributed by atoms with E-state index in [2.05, 4.69) is 40.0 Å². The molecule has 0 bridgehead atoms. The lowest BCUT2D eigenvalue weighted by molar-refractivity contribution is 0.943. The number of hydrogen-bond acceptors (Lipinski definition) is 2. The Hall–Kier alpha value is -3.44. The number of para-hydroxylation sites is 2. The van der Waals surface area contributed by atoms with E-state index < -0.39 is 0 Å². The Morgan fingerprint density at radius 1 is 0.900 bits per heavy atom. The maximum Gasteiger partial charge on any atom is 0.266 e. The number of hydrogen-bond donors (Lipinski definition) is 1. The van der Waals surface area contributed by atoms with Gasteiger partial charge in [0.15, 0.2) is 0 Å². The number of fused-ring (bicyclic) bond motifs is 2. The van der Waals surface area contributed by atoms with E-state index in [-0.39, 0.29) is 5.56 Å². The molecule has 0 fully saturated rings. The highest BCUT2D eigenvalue weighted by atomic mass is 79.9. The van der Waals surface area contributed by atoms with Crippen molar-refractivity contribution in [2.45, 2.75) is 6.92 Å². The molecule has 0 radical (unpaired) electrons. The Morgan fingerprint density at radius 3 is 2.40 bits per heavy atom. The van der Waals surface area contributed by atoms with Crippen molar-refractivity contribution >= 4 is 49.9 Å². The summed E-state index contributed by atoms with van der Waals surface area (Å²) in [6, 6.07) is 23.3. The Morgan fingerprint density at radius 2 is 1.60 bits per heavy atom. The number of nitrogens with zero attached hydrogens (tertiary/aromatic N) is 2. The molecule has 5 aromatic rings. The van der Waals surface area contributed by atoms with Crippen LogP contribution in [0.1, 0.15) is 17.1 Å². The number of rotatable bonds is 3. The number of H-pyrrole nitrogens is 1. The molecule has 5 rings (SSSR count). The van der Waals surface area contributed by atoms with Crippen molar-refractivity contribution < 1.29 is 0 Å². The average molecular weight is 456 g/mol. The normalized spacial score (nSPS) is 11.7. The summed E-state index contributed by atoms with van der Waals surface area (Å²) in [4.78, 5) is 21.6. The van der Waals surface area contributed by atoms with Gasteiger partial charge in [-0.2, -0.15) is 0 Å². The standard InChI is InChI=1S/C25H18BrN3O/c1-16-19(20-6-2-4-8-22(20)27-16)14-15-24-28-23-9-5-3-7-21(23)25(30)29(24)18-12-10-17(26)11-13-18/h2-15,27H,1H3. The molecule has 0 aliphatic heterocycles. The summed E-state index contributed by atoms with van der Waals surface area (Å²) in [6.45, 7) is 2.05. The van der Waals surface area contributed by atoms with E-state index in [0.29, 0.717) is 16.7 Å². The first-order chi connectivity index (χ1) is 14.6. The van der Waals surface area contributed by atoms with Gasteiger partial charge < -0.3 is 4.98 Å². The van der Waals surface area contributed by atoms with E-state index in [4.69, 9.17) is 4.98 Å². The summed E-state index contributed by atoms with van der Waals surface area (Å²) < 4.78 is 2.62. The van der Waals surface area contributed by atoms with Crippen LogP contribution in [-0.4, -0.2) is 14.5 Å². The zero-order chi connectivity index (χ0) is 20.7. The molecule has 3 aromatic carbocycles. The zero-order valence-electron chi connectivity index (χ0n) is 16.3. The Labute approximate surface area is 181 Å². The van der Waals surface area contributed by atoms with Gasteiger partial charge in [-0.15, -0.1) is 0 Å². The summed E-state index contributed by atoms with van der Waals surface area (Å²) in [6.07, 6.45) is 3.94. The predicted molar refractivity (Wildman–Crippen MR) is 127 cm³/mol. The lowest BCUT2D eigenvalue weighted by Crippen LogP contribution is -2.22. The van der Waals surface area contributed by atoms with E-state index >= 15 is 0 Å². The molecule has 1 N–H and O–H groups in total. The van der Waals surface area contributed by atoms with Gasteiger partial charge in [0.25, 0.3) is 5.56 Å². The van der Waals surface area contributed by atoms with Crippen LogP contribution in [0.3, 0.4) is 0 Å². The summed E-state index contributed by atoms with van der Waals surface area (Å²) in [5.41, 5.74) is 4.63. The van der Waals surface area contributed by atoms with Crippen LogP contribution in [0.4, 0.5) is 0 Å². The highest BCUT2D eigenvalue weighted by Crippen LogP contribution is 2.24. The van der Waals surface area contributed by atoms with Crippen LogP contribution in [-0.2, 0) is 0 Å². The van der Waals surface area contributed by atoms with Crippen LogP contribution in [0, 0.1) is 6.92 Å². The van der Waals surface area contributed by atoms with Crippen LogP contribution in [0.25, 0.3) is 39.6 Å². The predicted octanol–water partition coefficient (Wildman–Crippen LogP) is 6.11. The van der Waals surface area contributed by atoms with Gasteiger partial charge in [-0.3, -0.25) is 9.36 Å². The van der Waals surface area contributed by atoms with Gasteiger partial charge in [-0.05, 0) is 61.5 Å². The van der Waals surface area contributed by atoms with Crippen molar-refractivity contribution in [2.75, 3.05) is 0 Å². The Kier molecular flexibility index (Phi) is 4.60. The molecule has 0 spiro atoms. The summed E-state index contributed by atoms with van der Waals surface area (Å²) >= 11 is 3.46. The van der Waals surface area contributed by atoms with Crippen LogP contribution in [0.15, 0.2) is 82.1 Å². The fraction of sp³-hybridized carbons (Fsp3) is 0.0400. The van der Waals surface area contributed by atoms with E-state index in [1.165, 1.54) is 0 Å². The second-order valence-corrected chi connectivity index (χ2v) is 8.06. The number of nitrogens with one attached hydrogen (secondary N) is 1. The van der Waals surface area contributed by atoms with Crippen molar-refractivity contribution in [1.82, 2.24) is 14.5 Å². The van der Waals surface area contributed by atoms with Crippen molar-refractivity contribution in [2.24, 2.45) is 0 Å². The summed E-state index contributed by atoms with van der Waals surface area (Å²) in [5.74, 6) is 0.589. The minimum Gasteiger partial charge on any atom is -0.358 e. The highest BCUT2D eigenvalue weighted by Gasteiger charge is 2.12. The molecule has 0 aliphatic carbocycles. The van der Waals surface area contributed by atoms with Crippen molar-refractivity contribution in [3.05, 3.63) is 105 Å². The first-order valence-corrected chi connectivity index (χ1v) is 10.4. The quantitative estimate of drug-likeness (QED) is 0.356. The lowest BCUT2D eigenvalue weighted by atomic mass is 10.1. The van der Waals surface area contributed by atoms with E-state index in [1.807, 2.05) is 72.8 Å². The molecule has 2 aromatic heterocycles. The van der Waals surface area contributed by atoms with Gasteiger partial charge in [0.2, 0.25) is 0 Å². The third-order valence-electron chi connectivity index (χ3n) is 5.23. The molecule has 0 atom stereocenters. The second-order valence-electron chi connectivity index (χ2n) is 7.15. The minimum absolute atomic E-state index is 0.0850. The molecule has 30 heavy (non-hydrogen) atoms. The van der Waals surface area contributed by atoms with Gasteiger partial charge in [0.1, 0.15) is 5.82 Å². The Balaban J connectivity index is 1.74. The number of aromatic nitrogens is 3. The maximum absolute atomic E-state index is 13.3. The highest BCUT2D eigenvalue weighted by molar-refractivity contribution is 9.10. The molecule has 0 unspecified atom stereocenters. The number of aromatic amines is 1. The topological polar surface area (TPSA) is 50.7 Å². The SMILES string of the molecule is Cc1[nH]c2ccccc2c1C=Cc1nc2ccccc2c(=O)n1-c1ccc(Br)cc1. The largest absolute Gasteiger partial charge is 0.358 e. The van der Waals surface area contributed by atoms with Crippen LogP contribution >= 0.6 is 15.9 Å². The first kappa shape index (κ1) is 18.6. The molecule has 0 saturated carbocycles. The van der Waals surface area contributed by atoms with Crippen molar-refractivity contribution in [3.8, 4) is 5.69 Å². The molecular formula is C25H18BrN3O. The molecule has 2 heterocycles. The molecule has 0 amide bonds. The van der Waals surface area contributed by atoms with Gasteiger partial charge in [0.05, 0.1) is 16.6 Å². The summed E-state index contributed by atoms with van der Waals surface area (Å²) in [5, 5.41) is 1.74. The third kappa shape index (κ3) is 3.17. The number of halogens is 1. The Bertz CT molecular complexity index is 1480. The summed E-state index contributed by atoms with van der Waals surface area (Å²) in [7, 11) is 0. The smallest absolute Gasteiger partial charge is 0.266 e. The fourth-order valence-electron chi connectivity index (χ4n) is 3.77. The second kappa shape index (κ2) is 7.43. The van der Waals surface area contributed by atoms with Gasteiger partial charge in [0, 0.05) is 26.6 Å². The monoisotopic (exact) mass is 455 g/mol. The molecule has 5 heteroatoms. The molecule has 146 valence electrons. The van der Waals surface area contributed by atoms with Crippen LogP contribution < -0.4 is 5.56 Å². The molecule has 0 saturated heterocycles. The number of aryl methyl sites for hydroxylation is 1. The number of benzene rings is 3. The zero-order valence-corrected chi connectivity index (χ0v) is 17.8. The van der Waals surface area contributed by atoms with Gasteiger partial charge in [-0.25, -0.2) is 4.98 Å². The van der Waals surface area contributed by atoms with Gasteiger partial charge in [-0.1, -0.05) is 46.3 Å². The van der Waals surface area contributed by atoms with E-state index in [1.54, 1.807) is 4.57 Å². The average Bonchev–Trinajstić information content (AvgIpc) is 3.08. The van der Waals surface area contributed by atoms with Gasteiger partial charge >= 0.3 is 0 Å². The minimum atomic E-state index is -0.0850. The van der Waals surface area contributed by atoms with E-state index in [0.717, 1.165) is 32.3 Å². The maximum atomic E-state index is 13.3.